The number of aryl methyl sites for hydroxylation is 2. The van der Waals surface area contributed by atoms with Gasteiger partial charge in [-0.1, -0.05) is 6.07 Å². The summed E-state index contributed by atoms with van der Waals surface area (Å²) in [6.45, 7) is 0. The van der Waals surface area contributed by atoms with Crippen molar-refractivity contribution >= 4 is 5.97 Å². The zero-order chi connectivity index (χ0) is 14.1. The molecule has 20 heavy (non-hydrogen) atoms. The number of carbonyl (C=O) groups is 1. The molecule has 0 spiro atoms. The van der Waals surface area contributed by atoms with Crippen LogP contribution in [-0.4, -0.2) is 18.2 Å². The first-order chi connectivity index (χ1) is 9.67. The third kappa shape index (κ3) is 2.20. The summed E-state index contributed by atoms with van der Waals surface area (Å²) in [6, 6.07) is 10.4. The Hall–Kier alpha value is -2.49. The largest absolute Gasteiger partial charge is 0.508 e. The van der Waals surface area contributed by atoms with Crippen LogP contribution in [0.2, 0.25) is 0 Å². The molecule has 1 aliphatic rings. The predicted octanol–water partition coefficient (Wildman–Crippen LogP) is 3.07. The van der Waals surface area contributed by atoms with E-state index < -0.39 is 0 Å². The lowest BCUT2D eigenvalue weighted by molar-refractivity contribution is 0.0600. The smallest absolute Gasteiger partial charge is 0.337 e. The summed E-state index contributed by atoms with van der Waals surface area (Å²) in [5, 5.41) is 9.53. The van der Waals surface area contributed by atoms with Gasteiger partial charge < -0.3 is 14.6 Å². The van der Waals surface area contributed by atoms with E-state index in [9.17, 15) is 9.90 Å². The lowest BCUT2D eigenvalue weighted by Gasteiger charge is -2.10. The van der Waals surface area contributed by atoms with Crippen molar-refractivity contribution in [2.75, 3.05) is 7.11 Å². The van der Waals surface area contributed by atoms with Crippen molar-refractivity contribution in [2.45, 2.75) is 12.8 Å². The molecule has 1 aliphatic heterocycles. The summed E-state index contributed by atoms with van der Waals surface area (Å²) in [4.78, 5) is 11.6. The van der Waals surface area contributed by atoms with E-state index in [1.807, 2.05) is 6.07 Å². The number of methoxy groups -OCH3 is 1. The molecule has 3 rings (SSSR count). The van der Waals surface area contributed by atoms with Gasteiger partial charge in [-0.25, -0.2) is 4.79 Å². The molecule has 0 unspecified atom stereocenters. The Morgan fingerprint density at radius 2 is 1.90 bits per heavy atom. The van der Waals surface area contributed by atoms with E-state index in [0.717, 1.165) is 24.0 Å². The summed E-state index contributed by atoms with van der Waals surface area (Å²) >= 11 is 0. The van der Waals surface area contributed by atoms with Crippen molar-refractivity contribution in [1.29, 1.82) is 0 Å². The van der Waals surface area contributed by atoms with Crippen molar-refractivity contribution in [3.63, 3.8) is 0 Å². The van der Waals surface area contributed by atoms with Crippen LogP contribution >= 0.6 is 0 Å². The maximum Gasteiger partial charge on any atom is 0.337 e. The van der Waals surface area contributed by atoms with Crippen LogP contribution < -0.4 is 4.74 Å². The molecule has 0 saturated carbocycles. The van der Waals surface area contributed by atoms with Gasteiger partial charge in [0.25, 0.3) is 0 Å². The normalized spacial score (nSPS) is 12.7. The Labute approximate surface area is 116 Å². The molecule has 2 aromatic carbocycles. The van der Waals surface area contributed by atoms with Crippen LogP contribution in [0.3, 0.4) is 0 Å². The highest BCUT2D eigenvalue weighted by molar-refractivity contribution is 5.90. The molecule has 4 heteroatoms. The first-order valence-electron chi connectivity index (χ1n) is 6.38. The number of ether oxygens (including phenoxy) is 2. The monoisotopic (exact) mass is 270 g/mol. The molecule has 0 aromatic heterocycles. The fourth-order valence-electron chi connectivity index (χ4n) is 2.35. The zero-order valence-electron chi connectivity index (χ0n) is 11.1. The summed E-state index contributed by atoms with van der Waals surface area (Å²) in [5.74, 6) is 1.22. The van der Waals surface area contributed by atoms with Crippen molar-refractivity contribution in [2.24, 2.45) is 0 Å². The summed E-state index contributed by atoms with van der Waals surface area (Å²) in [7, 11) is 1.35. The van der Waals surface area contributed by atoms with Gasteiger partial charge in [0, 0.05) is 0 Å². The van der Waals surface area contributed by atoms with Gasteiger partial charge in [0.2, 0.25) is 0 Å². The second-order valence-corrected chi connectivity index (χ2v) is 4.71. The van der Waals surface area contributed by atoms with Crippen LogP contribution in [0.15, 0.2) is 36.4 Å². The molecule has 1 N–H and O–H groups in total. The van der Waals surface area contributed by atoms with Crippen LogP contribution in [0.1, 0.15) is 21.5 Å². The maximum absolute atomic E-state index is 11.6. The molecule has 0 radical (unpaired) electrons. The van der Waals surface area contributed by atoms with Crippen molar-refractivity contribution in [1.82, 2.24) is 0 Å². The standard InChI is InChI=1S/C16H14O4/c1-19-16(18)12-5-3-10-2-4-11-8-13(17)6-7-14(11)20-15(10)9-12/h3,5-9,17H,2,4H2,1H3. The van der Waals surface area contributed by atoms with Gasteiger partial charge in [-0.3, -0.25) is 0 Å². The van der Waals surface area contributed by atoms with Crippen molar-refractivity contribution in [3.8, 4) is 17.2 Å². The molecule has 0 saturated heterocycles. The molecule has 2 aromatic rings. The van der Waals surface area contributed by atoms with Gasteiger partial charge in [-0.05, 0) is 54.3 Å². The number of hydrogen-bond acceptors (Lipinski definition) is 4. The fraction of sp³-hybridized carbons (Fsp3) is 0.188. The third-order valence-corrected chi connectivity index (χ3v) is 3.42. The molecule has 102 valence electrons. The predicted molar refractivity (Wildman–Crippen MR) is 73.4 cm³/mol. The highest BCUT2D eigenvalue weighted by Gasteiger charge is 2.17. The Balaban J connectivity index is 2.02. The minimum Gasteiger partial charge on any atom is -0.508 e. The fourth-order valence-corrected chi connectivity index (χ4v) is 2.35. The highest BCUT2D eigenvalue weighted by Crippen LogP contribution is 2.35. The molecule has 1 heterocycles. The number of phenolic OH excluding ortho intramolecular Hbond substituents is 1. The second kappa shape index (κ2) is 4.89. The Morgan fingerprint density at radius 1 is 1.10 bits per heavy atom. The quantitative estimate of drug-likeness (QED) is 0.809. The number of phenols is 1. The van der Waals surface area contributed by atoms with Gasteiger partial charge in [-0.2, -0.15) is 0 Å². The zero-order valence-corrected chi connectivity index (χ0v) is 11.1. The number of esters is 1. The van der Waals surface area contributed by atoms with Crippen LogP contribution in [0.5, 0.6) is 17.2 Å². The number of hydrogen-bond donors (Lipinski definition) is 1. The van der Waals surface area contributed by atoms with Crippen LogP contribution in [0.25, 0.3) is 0 Å². The Morgan fingerprint density at radius 3 is 2.70 bits per heavy atom. The Kier molecular flexibility index (Phi) is 3.06. The Bertz CT molecular complexity index is 676. The van der Waals surface area contributed by atoms with E-state index in [0.29, 0.717) is 17.1 Å². The van der Waals surface area contributed by atoms with Gasteiger partial charge in [-0.15, -0.1) is 0 Å². The topological polar surface area (TPSA) is 55.8 Å². The lowest BCUT2D eigenvalue weighted by atomic mass is 10.0. The van der Waals surface area contributed by atoms with E-state index in [4.69, 9.17) is 9.47 Å². The molecule has 0 atom stereocenters. The number of carbonyl (C=O) groups excluding carboxylic acids is 1. The number of aromatic hydroxyl groups is 1. The first-order valence-corrected chi connectivity index (χ1v) is 6.38. The molecule has 0 amide bonds. The highest BCUT2D eigenvalue weighted by atomic mass is 16.5. The molecule has 4 nitrogen and oxygen atoms in total. The summed E-state index contributed by atoms with van der Waals surface area (Å²) < 4.78 is 10.6. The molecular formula is C16H14O4. The third-order valence-electron chi connectivity index (χ3n) is 3.42. The van der Waals surface area contributed by atoms with E-state index in [1.54, 1.807) is 30.3 Å². The first kappa shape index (κ1) is 12.5. The lowest BCUT2D eigenvalue weighted by Crippen LogP contribution is -2.02. The van der Waals surface area contributed by atoms with Crippen molar-refractivity contribution in [3.05, 3.63) is 53.1 Å². The minimum absolute atomic E-state index is 0.230. The average molecular weight is 270 g/mol. The molecule has 0 fully saturated rings. The molecule has 0 aliphatic carbocycles. The van der Waals surface area contributed by atoms with Gasteiger partial charge >= 0.3 is 5.97 Å². The van der Waals surface area contributed by atoms with Crippen molar-refractivity contribution < 1.29 is 19.4 Å². The van der Waals surface area contributed by atoms with E-state index in [2.05, 4.69) is 0 Å². The maximum atomic E-state index is 11.6. The van der Waals surface area contributed by atoms with E-state index in [-0.39, 0.29) is 11.7 Å². The SMILES string of the molecule is COC(=O)c1ccc2c(c1)Oc1ccc(O)cc1CC2. The summed E-state index contributed by atoms with van der Waals surface area (Å²) in [5.41, 5.74) is 2.46. The van der Waals surface area contributed by atoms with Gasteiger partial charge in [0.05, 0.1) is 12.7 Å². The summed E-state index contributed by atoms with van der Waals surface area (Å²) in [6.07, 6.45) is 1.58. The molecular weight excluding hydrogens is 256 g/mol. The van der Waals surface area contributed by atoms with Crippen LogP contribution in [-0.2, 0) is 17.6 Å². The van der Waals surface area contributed by atoms with Gasteiger partial charge in [0.1, 0.15) is 17.2 Å². The van der Waals surface area contributed by atoms with Crippen LogP contribution in [0, 0.1) is 0 Å². The van der Waals surface area contributed by atoms with Crippen LogP contribution in [0.4, 0.5) is 0 Å². The number of fused-ring (bicyclic) bond motifs is 2. The molecule has 0 bridgehead atoms. The number of rotatable bonds is 1. The average Bonchev–Trinajstić information content (AvgIpc) is 2.64. The van der Waals surface area contributed by atoms with Gasteiger partial charge in [0.15, 0.2) is 0 Å². The second-order valence-electron chi connectivity index (χ2n) is 4.71. The minimum atomic E-state index is -0.383. The van der Waals surface area contributed by atoms with E-state index >= 15 is 0 Å². The number of benzene rings is 2. The van der Waals surface area contributed by atoms with E-state index in [1.165, 1.54) is 7.11 Å².